The number of rotatable bonds is 4. The van der Waals surface area contributed by atoms with Crippen molar-refractivity contribution in [3.8, 4) is 17.1 Å². The van der Waals surface area contributed by atoms with Gasteiger partial charge >= 0.3 is 0 Å². The quantitative estimate of drug-likeness (QED) is 0.707. The number of aromatic nitrogens is 4. The molecule has 0 saturated heterocycles. The molecule has 2 N–H and O–H groups in total. The third-order valence-electron chi connectivity index (χ3n) is 4.94. The largest absolute Gasteiger partial charge is 0.494 e. The van der Waals surface area contributed by atoms with E-state index in [0.29, 0.717) is 17.9 Å². The van der Waals surface area contributed by atoms with Crippen molar-refractivity contribution in [2.45, 2.75) is 53.1 Å². The lowest BCUT2D eigenvalue weighted by atomic mass is 9.96. The van der Waals surface area contributed by atoms with E-state index in [4.69, 9.17) is 0 Å². The number of nitrogens with one attached hydrogen (secondary N) is 1. The van der Waals surface area contributed by atoms with Crippen LogP contribution in [0, 0.1) is 12.3 Å². The van der Waals surface area contributed by atoms with E-state index in [9.17, 15) is 14.7 Å². The molecule has 0 aliphatic heterocycles. The molecule has 3 aromatic rings. The molecule has 1 saturated carbocycles. The molecule has 0 spiro atoms. The standard InChI is InChI=1S/C21H25N5O3/c1-12-7-8-22-10-14(12)15-9-16-25(11-21(2,3)4)19(28)17(20(29)26(16)24-15)18(27)23-13-5-6-13/h7-10,13,28H,5-6,11H2,1-4H3,(H,23,27). The lowest BCUT2D eigenvalue weighted by Gasteiger charge is -2.23. The maximum absolute atomic E-state index is 13.1. The molecule has 3 aromatic heterocycles. The third-order valence-corrected chi connectivity index (χ3v) is 4.94. The van der Waals surface area contributed by atoms with Crippen LogP contribution in [-0.4, -0.2) is 36.2 Å². The van der Waals surface area contributed by atoms with Gasteiger partial charge in [0.2, 0.25) is 5.88 Å². The predicted molar refractivity (Wildman–Crippen MR) is 109 cm³/mol. The van der Waals surface area contributed by atoms with E-state index in [1.165, 1.54) is 4.52 Å². The predicted octanol–water partition coefficient (Wildman–Crippen LogP) is 2.51. The molecule has 4 rings (SSSR count). The second kappa shape index (κ2) is 6.72. The van der Waals surface area contributed by atoms with Gasteiger partial charge in [0.25, 0.3) is 11.5 Å². The van der Waals surface area contributed by atoms with Gasteiger partial charge < -0.3 is 10.4 Å². The van der Waals surface area contributed by atoms with Crippen LogP contribution in [0.3, 0.4) is 0 Å². The van der Waals surface area contributed by atoms with Crippen LogP contribution in [0.25, 0.3) is 16.9 Å². The Morgan fingerprint density at radius 3 is 2.69 bits per heavy atom. The van der Waals surface area contributed by atoms with Gasteiger partial charge in [0.15, 0.2) is 5.56 Å². The zero-order valence-electron chi connectivity index (χ0n) is 17.1. The first-order valence-electron chi connectivity index (χ1n) is 9.73. The van der Waals surface area contributed by atoms with Gasteiger partial charge in [-0.05, 0) is 36.8 Å². The van der Waals surface area contributed by atoms with Gasteiger partial charge in [0, 0.05) is 36.6 Å². The van der Waals surface area contributed by atoms with Gasteiger partial charge in [-0.15, -0.1) is 0 Å². The molecule has 0 aromatic carbocycles. The number of carbonyl (C=O) groups excluding carboxylic acids is 1. The minimum Gasteiger partial charge on any atom is -0.494 e. The SMILES string of the molecule is Cc1ccncc1-c1cc2n(CC(C)(C)C)c(O)c(C(=O)NC3CC3)c(=O)n2n1. The summed E-state index contributed by atoms with van der Waals surface area (Å²) in [6.07, 6.45) is 5.16. The molecule has 8 heteroatoms. The highest BCUT2D eigenvalue weighted by Gasteiger charge is 2.30. The van der Waals surface area contributed by atoms with E-state index < -0.39 is 11.5 Å². The van der Waals surface area contributed by atoms with Crippen LogP contribution >= 0.6 is 0 Å². The molecule has 29 heavy (non-hydrogen) atoms. The molecule has 1 fully saturated rings. The van der Waals surface area contributed by atoms with E-state index in [2.05, 4.69) is 15.4 Å². The Balaban J connectivity index is 1.96. The monoisotopic (exact) mass is 395 g/mol. The molecule has 8 nitrogen and oxygen atoms in total. The van der Waals surface area contributed by atoms with Crippen LogP contribution < -0.4 is 10.9 Å². The van der Waals surface area contributed by atoms with E-state index in [0.717, 1.165) is 24.0 Å². The van der Waals surface area contributed by atoms with Crippen LogP contribution in [0.4, 0.5) is 0 Å². The average molecular weight is 395 g/mol. The first-order valence-corrected chi connectivity index (χ1v) is 9.73. The zero-order valence-corrected chi connectivity index (χ0v) is 17.1. The highest BCUT2D eigenvalue weighted by Crippen LogP contribution is 2.28. The van der Waals surface area contributed by atoms with Crippen LogP contribution in [0.1, 0.15) is 49.5 Å². The lowest BCUT2D eigenvalue weighted by Crippen LogP contribution is -2.35. The summed E-state index contributed by atoms with van der Waals surface area (Å²) in [7, 11) is 0. The van der Waals surface area contributed by atoms with Crippen LogP contribution in [0.15, 0.2) is 29.3 Å². The molecule has 1 aliphatic carbocycles. The fraction of sp³-hybridized carbons (Fsp3) is 0.429. The van der Waals surface area contributed by atoms with Gasteiger partial charge in [-0.2, -0.15) is 9.61 Å². The number of nitrogens with zero attached hydrogens (tertiary/aromatic N) is 4. The van der Waals surface area contributed by atoms with Crippen molar-refractivity contribution in [1.29, 1.82) is 0 Å². The minimum absolute atomic E-state index is 0.0688. The highest BCUT2D eigenvalue weighted by molar-refractivity contribution is 5.96. The number of carbonyl (C=O) groups is 1. The summed E-state index contributed by atoms with van der Waals surface area (Å²) in [6, 6.07) is 3.69. The van der Waals surface area contributed by atoms with Crippen molar-refractivity contribution >= 4 is 11.6 Å². The Hall–Kier alpha value is -3.16. The van der Waals surface area contributed by atoms with Crippen molar-refractivity contribution in [2.24, 2.45) is 5.41 Å². The average Bonchev–Trinajstić information content (AvgIpc) is 3.33. The lowest BCUT2D eigenvalue weighted by molar-refractivity contribution is 0.0944. The van der Waals surface area contributed by atoms with E-state index in [1.807, 2.05) is 33.8 Å². The number of amides is 1. The summed E-state index contributed by atoms with van der Waals surface area (Å²) in [5, 5.41) is 18.2. The Labute approximate surface area is 168 Å². The summed E-state index contributed by atoms with van der Waals surface area (Å²) < 4.78 is 2.79. The Bertz CT molecular complexity index is 1170. The second-order valence-corrected chi connectivity index (χ2v) is 8.89. The first-order chi connectivity index (χ1) is 13.7. The summed E-state index contributed by atoms with van der Waals surface area (Å²) in [4.78, 5) is 29.9. The first kappa shape index (κ1) is 19.2. The topological polar surface area (TPSA) is 102 Å². The van der Waals surface area contributed by atoms with Crippen molar-refractivity contribution in [3.63, 3.8) is 0 Å². The maximum Gasteiger partial charge on any atom is 0.291 e. The number of hydrogen-bond donors (Lipinski definition) is 2. The van der Waals surface area contributed by atoms with Gasteiger partial charge in [0.05, 0.1) is 5.69 Å². The van der Waals surface area contributed by atoms with Crippen molar-refractivity contribution in [1.82, 2.24) is 24.5 Å². The molecule has 3 heterocycles. The number of fused-ring (bicyclic) bond motifs is 1. The zero-order chi connectivity index (χ0) is 20.9. The second-order valence-electron chi connectivity index (χ2n) is 8.89. The molecule has 0 atom stereocenters. The molecular formula is C21H25N5O3. The fourth-order valence-corrected chi connectivity index (χ4v) is 3.34. The number of hydrogen-bond acceptors (Lipinski definition) is 5. The van der Waals surface area contributed by atoms with Gasteiger partial charge in [-0.25, -0.2) is 0 Å². The van der Waals surface area contributed by atoms with E-state index in [-0.39, 0.29) is 22.9 Å². The van der Waals surface area contributed by atoms with Crippen LogP contribution in [0.2, 0.25) is 0 Å². The van der Waals surface area contributed by atoms with Gasteiger partial charge in [-0.3, -0.25) is 19.1 Å². The van der Waals surface area contributed by atoms with E-state index >= 15 is 0 Å². The van der Waals surface area contributed by atoms with Crippen molar-refractivity contribution < 1.29 is 9.90 Å². The molecule has 0 bridgehead atoms. The fourth-order valence-electron chi connectivity index (χ4n) is 3.34. The maximum atomic E-state index is 13.1. The summed E-state index contributed by atoms with van der Waals surface area (Å²) >= 11 is 0. The summed E-state index contributed by atoms with van der Waals surface area (Å²) in [6.45, 7) is 8.41. The van der Waals surface area contributed by atoms with Crippen molar-refractivity contribution in [2.75, 3.05) is 0 Å². The molecule has 152 valence electrons. The Morgan fingerprint density at radius 1 is 1.34 bits per heavy atom. The normalized spacial score (nSPS) is 14.3. The molecular weight excluding hydrogens is 370 g/mol. The molecule has 0 radical (unpaired) electrons. The highest BCUT2D eigenvalue weighted by atomic mass is 16.3. The van der Waals surface area contributed by atoms with Crippen LogP contribution in [-0.2, 0) is 6.54 Å². The molecule has 0 unspecified atom stereocenters. The molecule has 1 aliphatic rings. The van der Waals surface area contributed by atoms with Gasteiger partial charge in [0.1, 0.15) is 5.65 Å². The minimum atomic E-state index is -0.631. The van der Waals surface area contributed by atoms with Crippen molar-refractivity contribution in [3.05, 3.63) is 46.0 Å². The van der Waals surface area contributed by atoms with Gasteiger partial charge in [-0.1, -0.05) is 20.8 Å². The number of pyridine rings is 1. The van der Waals surface area contributed by atoms with Crippen LogP contribution in [0.5, 0.6) is 5.88 Å². The number of aryl methyl sites for hydroxylation is 1. The molecule has 1 amide bonds. The smallest absolute Gasteiger partial charge is 0.291 e. The third kappa shape index (κ3) is 3.62. The Kier molecular flexibility index (Phi) is 4.44. The summed E-state index contributed by atoms with van der Waals surface area (Å²) in [5.74, 6) is -0.890. The Morgan fingerprint density at radius 2 is 2.07 bits per heavy atom. The van der Waals surface area contributed by atoms with E-state index in [1.54, 1.807) is 23.0 Å². The summed E-state index contributed by atoms with van der Waals surface area (Å²) in [5.41, 5.74) is 1.65. The number of aromatic hydroxyl groups is 1.